The van der Waals surface area contributed by atoms with E-state index in [0.717, 1.165) is 0 Å². The van der Waals surface area contributed by atoms with Crippen molar-refractivity contribution in [1.29, 1.82) is 0 Å². The summed E-state index contributed by atoms with van der Waals surface area (Å²) in [5, 5.41) is 1.84. The van der Waals surface area contributed by atoms with E-state index in [2.05, 4.69) is 0 Å². The third-order valence-electron chi connectivity index (χ3n) is 4.18. The Morgan fingerprint density at radius 1 is 0.438 bits per heavy atom. The Bertz CT molecular complexity index is 1240. The quantitative estimate of drug-likeness (QED) is 0.259. The molecule has 0 saturated heterocycles. The van der Waals surface area contributed by atoms with Gasteiger partial charge in [-0.15, -0.1) is 0 Å². The molecule has 0 amide bonds. The summed E-state index contributed by atoms with van der Waals surface area (Å²) in [4.78, 5) is -0.932. The van der Waals surface area contributed by atoms with E-state index in [0.29, 0.717) is 15.9 Å². The van der Waals surface area contributed by atoms with Crippen LogP contribution in [0.4, 0.5) is 0 Å². The minimum absolute atomic E-state index is 0. The van der Waals surface area contributed by atoms with Crippen molar-refractivity contribution < 1.29 is 38.9 Å². The van der Waals surface area contributed by atoms with Gasteiger partial charge in [-0.2, -0.15) is 25.3 Å². The van der Waals surface area contributed by atoms with E-state index in [9.17, 15) is 38.9 Å². The van der Waals surface area contributed by atoms with Crippen molar-refractivity contribution in [3.8, 4) is 0 Å². The van der Waals surface area contributed by atoms with Crippen molar-refractivity contribution in [3.05, 3.63) is 72.8 Å². The minimum atomic E-state index is -4.40. The fourth-order valence-corrected chi connectivity index (χ4v) is 6.42. The van der Waals surface area contributed by atoms with E-state index in [1.807, 2.05) is 0 Å². The van der Waals surface area contributed by atoms with E-state index in [1.165, 1.54) is 72.8 Å². The van der Waals surface area contributed by atoms with Crippen LogP contribution in [0, 0.1) is 0 Å². The van der Waals surface area contributed by atoms with Crippen molar-refractivity contribution in [2.45, 2.75) is 14.7 Å². The molecule has 9 nitrogen and oxygen atoms in total. The van der Waals surface area contributed by atoms with E-state index in [4.69, 9.17) is 0 Å². The van der Waals surface area contributed by atoms with Crippen LogP contribution in [0.5, 0.6) is 0 Å². The molecule has 0 aliphatic carbocycles. The second-order valence-electron chi connectivity index (χ2n) is 6.24. The molecule has 3 aromatic rings. The predicted octanol–water partition coefficient (Wildman–Crippen LogP) is 0.536. The monoisotopic (exact) mass is 636 g/mol. The molecule has 0 saturated carbocycles. The van der Waals surface area contributed by atoms with Crippen LogP contribution in [0.2, 0.25) is 0 Å². The molecule has 3 aromatic carbocycles. The third-order valence-corrected chi connectivity index (χ3v) is 9.23. The van der Waals surface area contributed by atoms with Crippen LogP contribution in [0.15, 0.2) is 87.5 Å². The Balaban J connectivity index is 0.00000363. The first-order valence-electron chi connectivity index (χ1n) is 8.30. The van der Waals surface area contributed by atoms with Gasteiger partial charge in [-0.05, 0) is 60.2 Å². The molecular weight excluding hydrogens is 620 g/mol. The fourth-order valence-electron chi connectivity index (χ4n) is 2.75. The van der Waals surface area contributed by atoms with Crippen LogP contribution < -0.4 is 15.9 Å². The van der Waals surface area contributed by atoms with Gasteiger partial charge in [-0.1, -0.05) is 36.4 Å². The summed E-state index contributed by atoms with van der Waals surface area (Å²) in [6.07, 6.45) is 0. The molecule has 0 aliphatic rings. The van der Waals surface area contributed by atoms with Gasteiger partial charge in [-0.25, -0.2) is 0 Å². The van der Waals surface area contributed by atoms with Gasteiger partial charge in [0.05, 0.1) is 14.7 Å². The Hall–Kier alpha value is -0.128. The van der Waals surface area contributed by atoms with Crippen LogP contribution in [0.1, 0.15) is 0 Å². The van der Waals surface area contributed by atoms with Gasteiger partial charge in [0, 0.05) is 0 Å². The molecule has 32 heavy (non-hydrogen) atoms. The Labute approximate surface area is 245 Å². The van der Waals surface area contributed by atoms with E-state index < -0.39 is 38.3 Å². The maximum atomic E-state index is 11.3. The summed E-state index contributed by atoms with van der Waals surface area (Å²) >= 11 is 0. The molecule has 3 N–H and O–H groups in total. The van der Waals surface area contributed by atoms with Gasteiger partial charge in [0.2, 0.25) is 0 Å². The summed E-state index contributed by atoms with van der Waals surface area (Å²) in [5.41, 5.74) is 0. The van der Waals surface area contributed by atoms with E-state index in [1.54, 1.807) is 0 Å². The predicted molar refractivity (Wildman–Crippen MR) is 122 cm³/mol. The van der Waals surface area contributed by atoms with E-state index in [-0.39, 0.29) is 83.6 Å². The molecule has 0 bridgehead atoms. The van der Waals surface area contributed by atoms with Crippen LogP contribution in [0.3, 0.4) is 0 Å². The number of hydrogen-bond acceptors (Lipinski definition) is 6. The molecule has 0 aromatic heterocycles. The van der Waals surface area contributed by atoms with Crippen molar-refractivity contribution in [3.63, 3.8) is 0 Å². The standard InChI is InChI=1S/C18H15O9PS3.Cs.H/c19-29(20,21)16-7-1-13(2-8-16)28(14-3-9-17(10-4-14)30(22,23)24)15-5-11-18(12-6-15)31(25,26)27;;/h1-12H,(H,19,20,21)(H,22,23,24)(H,25,26,27);;. The average Bonchev–Trinajstić information content (AvgIpc) is 2.67. The topological polar surface area (TPSA) is 163 Å². The first-order valence-corrected chi connectivity index (χ1v) is 14.0. The number of benzene rings is 3. The summed E-state index contributed by atoms with van der Waals surface area (Å²) in [6, 6.07) is 16.1. The Morgan fingerprint density at radius 3 is 0.781 bits per heavy atom. The van der Waals surface area contributed by atoms with E-state index >= 15 is 0 Å². The van der Waals surface area contributed by atoms with Gasteiger partial charge >= 0.3 is 68.9 Å². The second kappa shape index (κ2) is 10.6. The third kappa shape index (κ3) is 6.95. The first-order chi connectivity index (χ1) is 14.3. The summed E-state index contributed by atoms with van der Waals surface area (Å²) in [5.74, 6) is 0. The second-order valence-corrected chi connectivity index (χ2v) is 12.7. The zero-order valence-corrected chi connectivity index (χ0v) is 18.7. The average molecular weight is 636 g/mol. The van der Waals surface area contributed by atoms with Crippen molar-refractivity contribution >= 4 is 123 Å². The summed E-state index contributed by atoms with van der Waals surface area (Å²) < 4.78 is 95.4. The summed E-state index contributed by atoms with van der Waals surface area (Å²) in [7, 11) is -14.6. The molecule has 0 heterocycles. The van der Waals surface area contributed by atoms with Crippen LogP contribution in [-0.2, 0) is 30.4 Å². The molecule has 0 fully saturated rings. The first kappa shape index (κ1) is 28.1. The normalized spacial score (nSPS) is 12.4. The fraction of sp³-hybridized carbons (Fsp3) is 0. The van der Waals surface area contributed by atoms with Crippen molar-refractivity contribution in [1.82, 2.24) is 0 Å². The van der Waals surface area contributed by atoms with Crippen LogP contribution in [-0.4, -0.2) is 108 Å². The zero-order valence-electron chi connectivity index (χ0n) is 15.4. The van der Waals surface area contributed by atoms with Crippen LogP contribution >= 0.6 is 7.92 Å². The van der Waals surface area contributed by atoms with Gasteiger partial charge in [-0.3, -0.25) is 13.7 Å². The zero-order chi connectivity index (χ0) is 23.0. The molecule has 0 spiro atoms. The van der Waals surface area contributed by atoms with Gasteiger partial charge in [0.15, 0.2) is 0 Å². The summed E-state index contributed by atoms with van der Waals surface area (Å²) in [6.45, 7) is 0. The Morgan fingerprint density at radius 2 is 0.625 bits per heavy atom. The van der Waals surface area contributed by atoms with Crippen molar-refractivity contribution in [2.24, 2.45) is 0 Å². The van der Waals surface area contributed by atoms with Gasteiger partial charge in [0.25, 0.3) is 30.4 Å². The van der Waals surface area contributed by atoms with Crippen molar-refractivity contribution in [2.75, 3.05) is 0 Å². The molecule has 0 aliphatic heterocycles. The molecular formula is C18H16CsO9PS3. The van der Waals surface area contributed by atoms with Gasteiger partial charge in [0.1, 0.15) is 0 Å². The molecule has 0 unspecified atom stereocenters. The number of rotatable bonds is 6. The molecule has 14 heteroatoms. The molecule has 0 radical (unpaired) electrons. The Kier molecular flexibility index (Phi) is 9.35. The van der Waals surface area contributed by atoms with Crippen LogP contribution in [0.25, 0.3) is 0 Å². The van der Waals surface area contributed by atoms with Gasteiger partial charge < -0.3 is 0 Å². The maximum absolute atomic E-state index is 11.3. The molecule has 166 valence electrons. The SMILES string of the molecule is O=S(=O)(O)c1ccc(P(c2ccc(S(=O)(=O)O)cc2)c2ccc(S(=O)(=O)O)cc2)cc1.[CsH]. The molecule has 0 atom stereocenters. The number of hydrogen-bond donors (Lipinski definition) is 3. The molecule has 3 rings (SSSR count).